The van der Waals surface area contributed by atoms with Gasteiger partial charge in [0.25, 0.3) is 0 Å². The molecule has 11 heavy (non-hydrogen) atoms. The van der Waals surface area contributed by atoms with E-state index in [4.69, 9.17) is 10.5 Å². The second-order valence-corrected chi connectivity index (χ2v) is 3.94. The molecule has 0 aliphatic heterocycles. The van der Waals surface area contributed by atoms with Crippen molar-refractivity contribution < 1.29 is 22.4 Å². The Balaban J connectivity index is 0. The molecule has 65 valence electrons. The molecule has 0 fully saturated rings. The quantitative estimate of drug-likeness (QED) is 0.550. The maximum absolute atomic E-state index is 8.44. The van der Waals surface area contributed by atoms with Crippen molar-refractivity contribution in [1.82, 2.24) is 0 Å². The molecule has 1 radical (unpaired) electrons. The smallest absolute Gasteiger partial charge is 0.115 e. The summed E-state index contributed by atoms with van der Waals surface area (Å²) in [7, 11) is 0. The average molecular weight is 374 g/mol. The van der Waals surface area contributed by atoms with Crippen LogP contribution in [0.2, 0.25) is 0 Å². The fraction of sp³-hybridized carbons (Fsp3) is 0.667. The van der Waals surface area contributed by atoms with Crippen LogP contribution >= 0.6 is 31.9 Å². The molecule has 0 amide bonds. The van der Waals surface area contributed by atoms with Crippen molar-refractivity contribution in [3.05, 3.63) is 0 Å². The Morgan fingerprint density at radius 3 is 1.91 bits per heavy atom. The summed E-state index contributed by atoms with van der Waals surface area (Å²) in [5.41, 5.74) is 0. The first kappa shape index (κ1) is 14.2. The van der Waals surface area contributed by atoms with Crippen molar-refractivity contribution in [3.63, 3.8) is 0 Å². The summed E-state index contributed by atoms with van der Waals surface area (Å²) in [6.45, 7) is 1.77. The van der Waals surface area contributed by atoms with Gasteiger partial charge < -0.3 is 0 Å². The summed E-state index contributed by atoms with van der Waals surface area (Å²) < 4.78 is 0. The van der Waals surface area contributed by atoms with E-state index < -0.39 is 0 Å². The van der Waals surface area contributed by atoms with Gasteiger partial charge in [0, 0.05) is 22.4 Å². The molecule has 0 aromatic heterocycles. The number of halogens is 2. The summed E-state index contributed by atoms with van der Waals surface area (Å²) >= 11 is 6.36. The summed E-state index contributed by atoms with van der Waals surface area (Å²) in [4.78, 5) is -0.385. The van der Waals surface area contributed by atoms with E-state index in [2.05, 4.69) is 37.9 Å². The van der Waals surface area contributed by atoms with Crippen LogP contribution in [0.25, 0.3) is 0 Å². The van der Waals surface area contributed by atoms with Gasteiger partial charge in [0.2, 0.25) is 0 Å². The van der Waals surface area contributed by atoms with Crippen LogP contribution < -0.4 is 0 Å². The predicted molar refractivity (Wildman–Crippen MR) is 45.8 cm³/mol. The van der Waals surface area contributed by atoms with Gasteiger partial charge >= 0.3 is 0 Å². The molecule has 0 heterocycles. The van der Waals surface area contributed by atoms with Gasteiger partial charge in [0.15, 0.2) is 0 Å². The Labute approximate surface area is 98.7 Å². The molecule has 0 rings (SSSR count). The maximum Gasteiger partial charge on any atom is 0.115 e. The standard InChI is InChI=1S/C6H6Br2N2.Ag/c1-4(2-9)6(8)5(7)3-10;/h4-6H,1H3;. The SMILES string of the molecule is CC(C#N)C(Br)C(Br)C#N.[Ag]. The van der Waals surface area contributed by atoms with E-state index in [1.807, 2.05) is 6.07 Å². The zero-order valence-electron chi connectivity index (χ0n) is 5.68. The third-order valence-corrected chi connectivity index (χ3v) is 3.89. The second-order valence-electron chi connectivity index (χ2n) is 1.89. The van der Waals surface area contributed by atoms with Crippen LogP contribution in [0.3, 0.4) is 0 Å². The number of alkyl halides is 2. The van der Waals surface area contributed by atoms with E-state index in [9.17, 15) is 0 Å². The molecular weight excluding hydrogens is 368 g/mol. The van der Waals surface area contributed by atoms with Gasteiger partial charge in [-0.2, -0.15) is 10.5 Å². The van der Waals surface area contributed by atoms with Crippen LogP contribution in [0.5, 0.6) is 0 Å². The zero-order chi connectivity index (χ0) is 8.15. The van der Waals surface area contributed by atoms with Crippen LogP contribution in [0.1, 0.15) is 6.92 Å². The Hall–Kier alpha value is 0.680. The molecule has 0 saturated carbocycles. The van der Waals surface area contributed by atoms with Crippen molar-refractivity contribution in [3.8, 4) is 12.1 Å². The third-order valence-electron chi connectivity index (χ3n) is 1.08. The van der Waals surface area contributed by atoms with Crippen LogP contribution in [-0.2, 0) is 22.4 Å². The van der Waals surface area contributed by atoms with E-state index in [1.54, 1.807) is 6.92 Å². The Morgan fingerprint density at radius 2 is 1.64 bits per heavy atom. The van der Waals surface area contributed by atoms with E-state index >= 15 is 0 Å². The zero-order valence-corrected chi connectivity index (χ0v) is 10.3. The van der Waals surface area contributed by atoms with E-state index in [0.29, 0.717) is 0 Å². The first-order valence-electron chi connectivity index (χ1n) is 2.71. The number of hydrogen-bond donors (Lipinski definition) is 0. The molecule has 0 bridgehead atoms. The average Bonchev–Trinajstić information content (AvgIpc) is 2.00. The van der Waals surface area contributed by atoms with Crippen molar-refractivity contribution >= 4 is 31.9 Å². The first-order valence-corrected chi connectivity index (χ1v) is 4.54. The van der Waals surface area contributed by atoms with Crippen molar-refractivity contribution in [2.75, 3.05) is 0 Å². The molecule has 0 aliphatic rings. The van der Waals surface area contributed by atoms with Crippen LogP contribution in [0.4, 0.5) is 0 Å². The fourth-order valence-corrected chi connectivity index (χ4v) is 1.09. The molecule has 3 unspecified atom stereocenters. The topological polar surface area (TPSA) is 47.6 Å². The number of nitriles is 2. The van der Waals surface area contributed by atoms with Gasteiger partial charge in [0.05, 0.1) is 22.9 Å². The van der Waals surface area contributed by atoms with Gasteiger partial charge in [-0.1, -0.05) is 31.9 Å². The molecule has 0 aromatic carbocycles. The molecule has 0 aromatic rings. The number of rotatable bonds is 2. The molecule has 0 spiro atoms. The molecular formula is C6H6AgBr2N2. The normalized spacial score (nSPS) is 16.5. The fourth-order valence-electron chi connectivity index (χ4n) is 0.396. The minimum atomic E-state index is -0.290. The summed E-state index contributed by atoms with van der Waals surface area (Å²) in [5, 5.41) is 16.9. The largest absolute Gasteiger partial charge is 0.198 e. The van der Waals surface area contributed by atoms with Gasteiger partial charge in [0.1, 0.15) is 4.83 Å². The summed E-state index contributed by atoms with van der Waals surface area (Å²) in [5.74, 6) is -0.149. The first-order chi connectivity index (χ1) is 4.63. The number of nitrogens with zero attached hydrogens (tertiary/aromatic N) is 2. The van der Waals surface area contributed by atoms with Gasteiger partial charge in [-0.15, -0.1) is 0 Å². The molecule has 3 atom stereocenters. The molecule has 0 aliphatic carbocycles. The van der Waals surface area contributed by atoms with Gasteiger partial charge in [-0.25, -0.2) is 0 Å². The maximum atomic E-state index is 8.44. The van der Waals surface area contributed by atoms with Crippen LogP contribution in [0.15, 0.2) is 0 Å². The van der Waals surface area contributed by atoms with Crippen molar-refractivity contribution in [2.24, 2.45) is 5.92 Å². The van der Waals surface area contributed by atoms with Crippen LogP contribution in [0, 0.1) is 28.6 Å². The number of hydrogen-bond acceptors (Lipinski definition) is 2. The summed E-state index contributed by atoms with van der Waals surface area (Å²) in [6.07, 6.45) is 0. The van der Waals surface area contributed by atoms with Gasteiger partial charge in [-0.3, -0.25) is 0 Å². The van der Waals surface area contributed by atoms with Gasteiger partial charge in [-0.05, 0) is 6.92 Å². The van der Waals surface area contributed by atoms with Crippen LogP contribution in [-0.4, -0.2) is 9.65 Å². The Morgan fingerprint density at radius 1 is 1.18 bits per heavy atom. The molecule has 2 nitrogen and oxygen atoms in total. The molecule has 5 heteroatoms. The monoisotopic (exact) mass is 371 g/mol. The second kappa shape index (κ2) is 7.34. The minimum Gasteiger partial charge on any atom is -0.198 e. The van der Waals surface area contributed by atoms with Crippen molar-refractivity contribution in [2.45, 2.75) is 16.6 Å². The molecule has 0 saturated heterocycles. The third kappa shape index (κ3) is 5.00. The van der Waals surface area contributed by atoms with E-state index in [-0.39, 0.29) is 38.0 Å². The Bertz CT molecular complexity index is 164. The summed E-state index contributed by atoms with van der Waals surface area (Å²) in [6, 6.07) is 4.05. The molecule has 0 N–H and O–H groups in total. The van der Waals surface area contributed by atoms with E-state index in [0.717, 1.165) is 0 Å². The van der Waals surface area contributed by atoms with E-state index in [1.165, 1.54) is 0 Å². The predicted octanol–water partition coefficient (Wildman–Crippen LogP) is 2.19. The Kier molecular flexibility index (Phi) is 9.48. The van der Waals surface area contributed by atoms with Crippen molar-refractivity contribution in [1.29, 1.82) is 10.5 Å². The minimum absolute atomic E-state index is 0.